The van der Waals surface area contributed by atoms with E-state index in [1.165, 1.54) is 12.8 Å². The number of hydrogen-bond acceptors (Lipinski definition) is 2. The summed E-state index contributed by atoms with van der Waals surface area (Å²) >= 11 is 0. The SMILES string of the molecule is CC(C)[C@@]1(C2CCCC2)NC(=O)NC1=O. The lowest BCUT2D eigenvalue weighted by atomic mass is 9.74. The first kappa shape index (κ1) is 10.5. The van der Waals surface area contributed by atoms with Crippen molar-refractivity contribution in [3.8, 4) is 0 Å². The van der Waals surface area contributed by atoms with Crippen LogP contribution in [0.15, 0.2) is 0 Å². The minimum atomic E-state index is -0.645. The van der Waals surface area contributed by atoms with Crippen molar-refractivity contribution in [3.63, 3.8) is 0 Å². The number of carbonyl (C=O) groups excluding carboxylic acids is 2. The van der Waals surface area contributed by atoms with E-state index in [0.717, 1.165) is 12.8 Å². The van der Waals surface area contributed by atoms with Gasteiger partial charge in [-0.1, -0.05) is 26.7 Å². The number of rotatable bonds is 2. The molecule has 0 bridgehead atoms. The normalized spacial score (nSPS) is 32.2. The topological polar surface area (TPSA) is 58.2 Å². The van der Waals surface area contributed by atoms with Crippen molar-refractivity contribution < 1.29 is 9.59 Å². The van der Waals surface area contributed by atoms with Gasteiger partial charge in [0.2, 0.25) is 0 Å². The Kier molecular flexibility index (Phi) is 2.44. The zero-order chi connectivity index (χ0) is 11.1. The van der Waals surface area contributed by atoms with Crippen LogP contribution in [0.2, 0.25) is 0 Å². The lowest BCUT2D eigenvalue weighted by Crippen LogP contribution is -2.56. The van der Waals surface area contributed by atoms with Gasteiger partial charge in [0.1, 0.15) is 5.54 Å². The third kappa shape index (κ3) is 1.43. The lowest BCUT2D eigenvalue weighted by Gasteiger charge is -2.36. The molecule has 0 aromatic heterocycles. The molecule has 1 saturated heterocycles. The van der Waals surface area contributed by atoms with Gasteiger partial charge in [0.05, 0.1) is 0 Å². The van der Waals surface area contributed by atoms with Gasteiger partial charge < -0.3 is 5.32 Å². The summed E-state index contributed by atoms with van der Waals surface area (Å²) in [5.41, 5.74) is -0.645. The zero-order valence-electron chi connectivity index (χ0n) is 9.30. The fourth-order valence-electron chi connectivity index (χ4n) is 3.03. The van der Waals surface area contributed by atoms with Crippen molar-refractivity contribution in [1.82, 2.24) is 10.6 Å². The maximum absolute atomic E-state index is 11.9. The Balaban J connectivity index is 2.31. The number of urea groups is 1. The molecule has 0 aromatic carbocycles. The largest absolute Gasteiger partial charge is 0.323 e. The quantitative estimate of drug-likeness (QED) is 0.677. The molecule has 84 valence electrons. The van der Waals surface area contributed by atoms with E-state index in [-0.39, 0.29) is 17.9 Å². The van der Waals surface area contributed by atoms with Gasteiger partial charge in [-0.3, -0.25) is 10.1 Å². The van der Waals surface area contributed by atoms with Crippen LogP contribution in [0.4, 0.5) is 4.79 Å². The van der Waals surface area contributed by atoms with Crippen LogP contribution in [0.5, 0.6) is 0 Å². The average molecular weight is 210 g/mol. The lowest BCUT2D eigenvalue weighted by molar-refractivity contribution is -0.127. The first-order chi connectivity index (χ1) is 7.07. The van der Waals surface area contributed by atoms with E-state index in [0.29, 0.717) is 5.92 Å². The molecular weight excluding hydrogens is 192 g/mol. The maximum Gasteiger partial charge on any atom is 0.322 e. The van der Waals surface area contributed by atoms with E-state index in [9.17, 15) is 9.59 Å². The predicted molar refractivity (Wildman–Crippen MR) is 56.2 cm³/mol. The molecule has 0 aromatic rings. The second kappa shape index (κ2) is 3.51. The van der Waals surface area contributed by atoms with Crippen LogP contribution in [0.3, 0.4) is 0 Å². The number of nitrogens with one attached hydrogen (secondary N) is 2. The van der Waals surface area contributed by atoms with Crippen LogP contribution in [0.25, 0.3) is 0 Å². The van der Waals surface area contributed by atoms with E-state index in [2.05, 4.69) is 10.6 Å². The summed E-state index contributed by atoms with van der Waals surface area (Å²) in [5, 5.41) is 5.24. The first-order valence-electron chi connectivity index (χ1n) is 5.71. The van der Waals surface area contributed by atoms with Crippen LogP contribution in [-0.4, -0.2) is 17.5 Å². The van der Waals surface area contributed by atoms with Crippen LogP contribution in [-0.2, 0) is 4.79 Å². The van der Waals surface area contributed by atoms with Crippen LogP contribution in [0.1, 0.15) is 39.5 Å². The molecule has 2 aliphatic rings. The molecular formula is C11H18N2O2. The second-order valence-corrected chi connectivity index (χ2v) is 4.91. The Bertz CT molecular complexity index is 295. The van der Waals surface area contributed by atoms with Gasteiger partial charge >= 0.3 is 6.03 Å². The highest BCUT2D eigenvalue weighted by Gasteiger charge is 2.54. The molecule has 1 saturated carbocycles. The molecule has 1 heterocycles. The summed E-state index contributed by atoms with van der Waals surface area (Å²) in [5.74, 6) is 0.324. The summed E-state index contributed by atoms with van der Waals surface area (Å²) in [4.78, 5) is 23.2. The minimum Gasteiger partial charge on any atom is -0.323 e. The Labute approximate surface area is 89.8 Å². The average Bonchev–Trinajstić information content (AvgIpc) is 2.72. The molecule has 2 fully saturated rings. The molecule has 4 heteroatoms. The molecule has 1 aliphatic carbocycles. The highest BCUT2D eigenvalue weighted by atomic mass is 16.2. The fourth-order valence-corrected chi connectivity index (χ4v) is 3.03. The molecule has 2 rings (SSSR count). The monoisotopic (exact) mass is 210 g/mol. The van der Waals surface area contributed by atoms with E-state index in [1.54, 1.807) is 0 Å². The van der Waals surface area contributed by atoms with Crippen molar-refractivity contribution in [3.05, 3.63) is 0 Å². The highest BCUT2D eigenvalue weighted by Crippen LogP contribution is 2.40. The van der Waals surface area contributed by atoms with E-state index in [4.69, 9.17) is 0 Å². The van der Waals surface area contributed by atoms with Crippen molar-refractivity contribution in [2.45, 2.75) is 45.1 Å². The van der Waals surface area contributed by atoms with Crippen molar-refractivity contribution in [1.29, 1.82) is 0 Å². The Morgan fingerprint density at radius 2 is 1.87 bits per heavy atom. The molecule has 15 heavy (non-hydrogen) atoms. The predicted octanol–water partition coefficient (Wildman–Crippen LogP) is 1.41. The number of carbonyl (C=O) groups is 2. The van der Waals surface area contributed by atoms with Gasteiger partial charge in [-0.2, -0.15) is 0 Å². The molecule has 0 spiro atoms. The summed E-state index contributed by atoms with van der Waals surface area (Å²) in [6.45, 7) is 4.01. The van der Waals surface area contributed by atoms with E-state index < -0.39 is 5.54 Å². The molecule has 0 unspecified atom stereocenters. The molecule has 4 nitrogen and oxygen atoms in total. The van der Waals surface area contributed by atoms with Gasteiger partial charge in [-0.15, -0.1) is 0 Å². The Hall–Kier alpha value is -1.06. The number of imide groups is 1. The standard InChI is InChI=1S/C11H18N2O2/c1-7(2)11(8-5-3-4-6-8)9(14)12-10(15)13-11/h7-8H,3-6H2,1-2H3,(H2,12,13,14,15)/t11-/m0/s1. The Morgan fingerprint density at radius 3 is 2.27 bits per heavy atom. The highest BCUT2D eigenvalue weighted by molar-refractivity contribution is 6.07. The smallest absolute Gasteiger partial charge is 0.322 e. The summed E-state index contributed by atoms with van der Waals surface area (Å²) in [7, 11) is 0. The van der Waals surface area contributed by atoms with Gasteiger partial charge in [0.15, 0.2) is 0 Å². The minimum absolute atomic E-state index is 0.130. The third-order valence-corrected chi connectivity index (χ3v) is 3.83. The summed E-state index contributed by atoms with van der Waals surface area (Å²) < 4.78 is 0. The summed E-state index contributed by atoms with van der Waals surface area (Å²) in [6, 6.07) is -0.333. The van der Waals surface area contributed by atoms with Gasteiger partial charge in [0.25, 0.3) is 5.91 Å². The van der Waals surface area contributed by atoms with Gasteiger partial charge in [-0.05, 0) is 24.7 Å². The van der Waals surface area contributed by atoms with Crippen molar-refractivity contribution >= 4 is 11.9 Å². The fraction of sp³-hybridized carbons (Fsp3) is 0.818. The van der Waals surface area contributed by atoms with Gasteiger partial charge in [0, 0.05) is 0 Å². The zero-order valence-corrected chi connectivity index (χ0v) is 9.30. The summed E-state index contributed by atoms with van der Waals surface area (Å²) in [6.07, 6.45) is 4.43. The Morgan fingerprint density at radius 1 is 1.27 bits per heavy atom. The first-order valence-corrected chi connectivity index (χ1v) is 5.71. The van der Waals surface area contributed by atoms with Crippen LogP contribution < -0.4 is 10.6 Å². The van der Waals surface area contributed by atoms with Crippen LogP contribution >= 0.6 is 0 Å². The van der Waals surface area contributed by atoms with Crippen molar-refractivity contribution in [2.75, 3.05) is 0 Å². The molecule has 2 N–H and O–H groups in total. The molecule has 0 radical (unpaired) electrons. The second-order valence-electron chi connectivity index (χ2n) is 4.91. The van der Waals surface area contributed by atoms with Crippen molar-refractivity contribution in [2.24, 2.45) is 11.8 Å². The molecule has 1 atom stereocenters. The van der Waals surface area contributed by atoms with E-state index >= 15 is 0 Å². The third-order valence-electron chi connectivity index (χ3n) is 3.83. The molecule has 1 aliphatic heterocycles. The van der Waals surface area contributed by atoms with Gasteiger partial charge in [-0.25, -0.2) is 4.79 Å². The van der Waals surface area contributed by atoms with Crippen LogP contribution in [0, 0.1) is 11.8 Å². The maximum atomic E-state index is 11.9. The number of hydrogen-bond donors (Lipinski definition) is 2. The number of amides is 3. The van der Waals surface area contributed by atoms with E-state index in [1.807, 2.05) is 13.8 Å². The molecule has 3 amide bonds.